The summed E-state index contributed by atoms with van der Waals surface area (Å²) >= 11 is 0. The lowest BCUT2D eigenvalue weighted by Crippen LogP contribution is -2.45. The highest BCUT2D eigenvalue weighted by molar-refractivity contribution is 5.83. The van der Waals surface area contributed by atoms with Crippen LogP contribution in [0.1, 0.15) is 145 Å². The van der Waals surface area contributed by atoms with Gasteiger partial charge in [-0.1, -0.05) is 76.3 Å². The average Bonchev–Trinajstić information content (AvgIpc) is 4.05. The zero-order chi connectivity index (χ0) is 55.3. The monoisotopic (exact) mass is 1060 g/mol. The van der Waals surface area contributed by atoms with Gasteiger partial charge in [0.05, 0.1) is 61.9 Å². The van der Waals surface area contributed by atoms with E-state index in [0.717, 1.165) is 50.3 Å². The predicted octanol–water partition coefficient (Wildman–Crippen LogP) is 9.50. The molecule has 18 nitrogen and oxygen atoms in total. The van der Waals surface area contributed by atoms with Crippen LogP contribution in [0.2, 0.25) is 0 Å². The van der Waals surface area contributed by atoms with E-state index in [1.54, 1.807) is 39.7 Å². The molecule has 1 saturated heterocycles. The van der Waals surface area contributed by atoms with Gasteiger partial charge in [-0.2, -0.15) is 19.6 Å². The molecule has 20 heteroatoms. The van der Waals surface area contributed by atoms with Crippen molar-refractivity contribution < 1.29 is 57.4 Å². The summed E-state index contributed by atoms with van der Waals surface area (Å²) in [4.78, 5) is 42.0. The minimum Gasteiger partial charge on any atom is -0.481 e. The number of aliphatic carboxylic acids is 1. The van der Waals surface area contributed by atoms with Gasteiger partial charge in [0.25, 0.3) is 0 Å². The SMILES string of the molecule is CC(C)c1nc2c(c(-c3ccc(F)cc3)c1/C=C/[C@@H](O)C[C@@H](O)CC(=O)O)COCc1ncnn1-2.CC(C)c1nc2c(c(-c3ccc(F)cc3)c1/C=C/[C@@H]1C[C@H](CC(=O)OC(C)(C)C)OC(C)(C)O1)COCc1ncnn1-2. The highest BCUT2D eigenvalue weighted by Gasteiger charge is 2.37. The first-order valence-corrected chi connectivity index (χ1v) is 25.6. The van der Waals surface area contributed by atoms with Crippen LogP contribution < -0.4 is 0 Å². The van der Waals surface area contributed by atoms with E-state index in [1.165, 1.54) is 43.0 Å². The molecule has 7 heterocycles. The Hall–Kier alpha value is -6.94. The quantitative estimate of drug-likeness (QED) is 0.0863. The van der Waals surface area contributed by atoms with E-state index in [4.69, 9.17) is 38.8 Å². The van der Waals surface area contributed by atoms with E-state index in [9.17, 15) is 28.6 Å². The number of carboxylic acids is 1. The van der Waals surface area contributed by atoms with Gasteiger partial charge in [0.1, 0.15) is 43.1 Å². The summed E-state index contributed by atoms with van der Waals surface area (Å²) < 4.78 is 60.9. The molecule has 408 valence electrons. The number of benzene rings is 2. The molecule has 3 aliphatic rings. The number of pyridine rings is 2. The van der Waals surface area contributed by atoms with Gasteiger partial charge in [0, 0.05) is 46.2 Å². The van der Waals surface area contributed by atoms with E-state index in [0.29, 0.717) is 41.9 Å². The summed E-state index contributed by atoms with van der Waals surface area (Å²) in [6.07, 6.45) is 7.22. The molecule has 0 saturated carbocycles. The van der Waals surface area contributed by atoms with Crippen LogP contribution in [-0.2, 0) is 59.7 Å². The fraction of sp³-hybridized carbons (Fsp3) is 0.439. The maximum atomic E-state index is 14.0. The summed E-state index contributed by atoms with van der Waals surface area (Å²) in [6.45, 7) is 18.4. The zero-order valence-electron chi connectivity index (χ0n) is 44.7. The van der Waals surface area contributed by atoms with Gasteiger partial charge in [-0.05, 0) is 81.8 Å². The number of aliphatic hydroxyl groups excluding tert-OH is 2. The molecule has 77 heavy (non-hydrogen) atoms. The third-order valence-corrected chi connectivity index (χ3v) is 12.7. The summed E-state index contributed by atoms with van der Waals surface area (Å²) in [5, 5.41) is 38.0. The number of aliphatic hydroxyl groups is 2. The number of carbonyl (C=O) groups excluding carboxylic acids is 1. The summed E-state index contributed by atoms with van der Waals surface area (Å²) in [5.74, 6) is -0.496. The van der Waals surface area contributed by atoms with Gasteiger partial charge < -0.3 is 39.0 Å². The molecular formula is C57H66F2N8O10. The van der Waals surface area contributed by atoms with Crippen LogP contribution >= 0.6 is 0 Å². The molecule has 4 atom stereocenters. The fourth-order valence-corrected chi connectivity index (χ4v) is 9.61. The number of aromatic nitrogens is 8. The van der Waals surface area contributed by atoms with Crippen LogP contribution in [0, 0.1) is 11.6 Å². The van der Waals surface area contributed by atoms with Crippen LogP contribution in [0.25, 0.3) is 46.0 Å². The van der Waals surface area contributed by atoms with Gasteiger partial charge in [0.2, 0.25) is 0 Å². The molecule has 6 aromatic rings. The second-order valence-electron chi connectivity index (χ2n) is 21.3. The van der Waals surface area contributed by atoms with Crippen molar-refractivity contribution in [3.05, 3.63) is 130 Å². The first-order valence-electron chi connectivity index (χ1n) is 25.6. The first kappa shape index (κ1) is 56.3. The molecule has 1 fully saturated rings. The summed E-state index contributed by atoms with van der Waals surface area (Å²) in [7, 11) is 0. The Kier molecular flexibility index (Phi) is 17.4. The molecular weight excluding hydrogens is 995 g/mol. The number of hydrogen-bond acceptors (Lipinski definition) is 15. The van der Waals surface area contributed by atoms with E-state index >= 15 is 0 Å². The molecule has 3 aliphatic heterocycles. The Morgan fingerprint density at radius 3 is 1.73 bits per heavy atom. The second kappa shape index (κ2) is 23.7. The van der Waals surface area contributed by atoms with Gasteiger partial charge in [0.15, 0.2) is 29.1 Å². The van der Waals surface area contributed by atoms with Crippen LogP contribution in [-0.4, -0.2) is 103 Å². The maximum Gasteiger partial charge on any atom is 0.308 e. The number of ether oxygens (including phenoxy) is 5. The lowest BCUT2D eigenvalue weighted by atomic mass is 9.90. The standard InChI is InChI=1S/C32H39FN4O5.C25H27FN4O5/c1-19(2)29-24(13-12-22-14-23(41-32(6,7)40-22)15-27(38)42-31(3,4)5)28(20-8-10-21(33)11-9-20)25-16-39-17-26-34-18-35-37(26)30(25)36-29;1-14(2)24-19(8-7-17(31)9-18(32)10-22(33)34)23(15-3-5-16(26)6-4-15)20-11-35-12-21-27-13-28-30(21)25(20)29-24/h8-13,18-19,22-23H,14-17H2,1-7H3;3-8,13-14,17-18,31-32H,9-12H2,1-2H3,(H,33,34)/b13-12+;8-7+/t22-,23-;17-,18-/m11/s1. The number of esters is 1. The van der Waals surface area contributed by atoms with E-state index < -0.39 is 36.0 Å². The van der Waals surface area contributed by atoms with E-state index in [-0.39, 0.29) is 74.3 Å². The topological polar surface area (TPSA) is 228 Å². The maximum absolute atomic E-state index is 14.0. The summed E-state index contributed by atoms with van der Waals surface area (Å²) in [6, 6.07) is 12.5. The van der Waals surface area contributed by atoms with Crippen LogP contribution in [0.5, 0.6) is 0 Å². The molecule has 3 N–H and O–H groups in total. The number of fused-ring (bicyclic) bond motifs is 6. The Bertz CT molecular complexity index is 3130. The number of nitrogens with zero attached hydrogens (tertiary/aromatic N) is 8. The van der Waals surface area contributed by atoms with Gasteiger partial charge in [-0.25, -0.2) is 28.7 Å². The Morgan fingerprint density at radius 1 is 0.766 bits per heavy atom. The number of hydrogen-bond donors (Lipinski definition) is 3. The highest BCUT2D eigenvalue weighted by atomic mass is 19.1. The van der Waals surface area contributed by atoms with Crippen molar-refractivity contribution in [2.75, 3.05) is 0 Å². The average molecular weight is 1060 g/mol. The predicted molar refractivity (Wildman–Crippen MR) is 280 cm³/mol. The number of carbonyl (C=O) groups is 2. The zero-order valence-corrected chi connectivity index (χ0v) is 44.7. The van der Waals surface area contributed by atoms with Gasteiger partial charge in [-0.15, -0.1) is 0 Å². The Labute approximate surface area is 445 Å². The van der Waals surface area contributed by atoms with Crippen molar-refractivity contribution in [3.63, 3.8) is 0 Å². The van der Waals surface area contributed by atoms with Crippen LogP contribution in [0.4, 0.5) is 8.78 Å². The highest BCUT2D eigenvalue weighted by Crippen LogP contribution is 2.41. The molecule has 0 bridgehead atoms. The number of halogens is 2. The smallest absolute Gasteiger partial charge is 0.308 e. The number of carboxylic acid groups (broad SMARTS) is 1. The van der Waals surface area contributed by atoms with Crippen molar-refractivity contribution in [3.8, 4) is 33.9 Å². The van der Waals surface area contributed by atoms with Crippen molar-refractivity contribution in [1.82, 2.24) is 39.5 Å². The first-order chi connectivity index (χ1) is 36.5. The van der Waals surface area contributed by atoms with Crippen LogP contribution in [0.15, 0.2) is 73.3 Å². The fourth-order valence-electron chi connectivity index (χ4n) is 9.61. The van der Waals surface area contributed by atoms with Crippen molar-refractivity contribution in [2.24, 2.45) is 0 Å². The van der Waals surface area contributed by atoms with Gasteiger partial charge >= 0.3 is 11.9 Å². The molecule has 2 aromatic carbocycles. The minimum atomic E-state index is -1.18. The molecule has 0 radical (unpaired) electrons. The van der Waals surface area contributed by atoms with Gasteiger partial charge in [-0.3, -0.25) is 9.59 Å². The molecule has 9 rings (SSSR count). The molecule has 0 unspecified atom stereocenters. The summed E-state index contributed by atoms with van der Waals surface area (Å²) in [5.41, 5.74) is 7.40. The third-order valence-electron chi connectivity index (χ3n) is 12.7. The van der Waals surface area contributed by atoms with Crippen molar-refractivity contribution >= 4 is 24.1 Å². The molecule has 4 aromatic heterocycles. The lowest BCUT2D eigenvalue weighted by Gasteiger charge is -2.39. The lowest BCUT2D eigenvalue weighted by molar-refractivity contribution is -0.290. The third kappa shape index (κ3) is 13.8. The Morgan fingerprint density at radius 2 is 1.26 bits per heavy atom. The minimum absolute atomic E-state index is 0.0231. The second-order valence-corrected chi connectivity index (χ2v) is 21.3. The van der Waals surface area contributed by atoms with Crippen LogP contribution in [0.3, 0.4) is 0 Å². The van der Waals surface area contributed by atoms with Crippen molar-refractivity contribution in [2.45, 2.75) is 162 Å². The Balaban J connectivity index is 0.000000207. The van der Waals surface area contributed by atoms with E-state index in [2.05, 4.69) is 34.0 Å². The largest absolute Gasteiger partial charge is 0.481 e. The normalized spacial score (nSPS) is 17.9. The number of rotatable bonds is 14. The molecule has 0 spiro atoms. The van der Waals surface area contributed by atoms with Crippen molar-refractivity contribution in [1.29, 1.82) is 0 Å². The molecule has 0 amide bonds. The molecule has 0 aliphatic carbocycles. The van der Waals surface area contributed by atoms with E-state index in [1.807, 2.05) is 60.6 Å².